The van der Waals surface area contributed by atoms with Crippen molar-refractivity contribution in [2.75, 3.05) is 13.1 Å². The molecule has 0 spiro atoms. The Kier molecular flexibility index (Phi) is 4.36. The van der Waals surface area contributed by atoms with Crippen LogP contribution in [0.2, 0.25) is 0 Å². The fraction of sp³-hybridized carbons (Fsp3) is 0.250. The molecule has 1 amide bonds. The summed E-state index contributed by atoms with van der Waals surface area (Å²) in [6, 6.07) is 9.73. The molecule has 3 heterocycles. The van der Waals surface area contributed by atoms with Crippen LogP contribution in [0.25, 0.3) is 5.65 Å². The van der Waals surface area contributed by atoms with Crippen LogP contribution in [0.4, 0.5) is 4.39 Å². The predicted molar refractivity (Wildman–Crippen MR) is 95.1 cm³/mol. The average molecular weight is 348 g/mol. The van der Waals surface area contributed by atoms with Gasteiger partial charge in [0, 0.05) is 30.4 Å². The van der Waals surface area contributed by atoms with Crippen molar-refractivity contribution in [3.63, 3.8) is 0 Å². The lowest BCUT2D eigenvalue weighted by Crippen LogP contribution is -2.36. The summed E-state index contributed by atoms with van der Waals surface area (Å²) < 4.78 is 14.8. The van der Waals surface area contributed by atoms with Gasteiger partial charge in [0.05, 0.1) is 0 Å². The number of carbonyl (C=O) groups excluding carboxylic acids is 1. The number of likely N-dealkylation sites (tertiary alicyclic amines) is 1. The Balaban J connectivity index is 1.59. The number of aromatic nitrogens is 3. The standard InChI is InChI=1S/C20H17FN4O/c21-17-6-4-5-15(13-17)7-8-16-9-10-18-22-19(23-25(18)14-16)20(26)24-11-2-1-3-12-24/h4-6,9-10,13-14H,1-3,11-12H2. The Labute approximate surface area is 150 Å². The van der Waals surface area contributed by atoms with Crippen LogP contribution in [0, 0.1) is 17.7 Å². The fourth-order valence-electron chi connectivity index (χ4n) is 3.00. The Morgan fingerprint density at radius 2 is 1.85 bits per heavy atom. The molecule has 0 aliphatic carbocycles. The van der Waals surface area contributed by atoms with Gasteiger partial charge in [-0.05, 0) is 49.6 Å². The minimum absolute atomic E-state index is 0.124. The summed E-state index contributed by atoms with van der Waals surface area (Å²) in [7, 11) is 0. The molecule has 1 aliphatic rings. The molecule has 1 fully saturated rings. The van der Waals surface area contributed by atoms with E-state index in [-0.39, 0.29) is 17.5 Å². The van der Waals surface area contributed by atoms with Gasteiger partial charge in [0.2, 0.25) is 5.82 Å². The minimum atomic E-state index is -0.315. The number of rotatable bonds is 1. The number of halogens is 1. The van der Waals surface area contributed by atoms with E-state index in [2.05, 4.69) is 21.9 Å². The number of amides is 1. The van der Waals surface area contributed by atoms with Crippen LogP contribution in [-0.2, 0) is 0 Å². The van der Waals surface area contributed by atoms with Gasteiger partial charge in [-0.3, -0.25) is 4.79 Å². The second-order valence-corrected chi connectivity index (χ2v) is 6.27. The van der Waals surface area contributed by atoms with Crippen molar-refractivity contribution in [3.05, 3.63) is 65.4 Å². The number of benzene rings is 1. The molecule has 6 heteroatoms. The molecule has 3 aromatic rings. The number of pyridine rings is 1. The van der Waals surface area contributed by atoms with Gasteiger partial charge in [-0.1, -0.05) is 17.9 Å². The van der Waals surface area contributed by atoms with Crippen LogP contribution < -0.4 is 0 Å². The number of hydrogen-bond acceptors (Lipinski definition) is 3. The minimum Gasteiger partial charge on any atom is -0.336 e. The SMILES string of the molecule is O=C(c1nc2ccc(C#Cc3cccc(F)c3)cn2n1)N1CCCCC1. The molecular weight excluding hydrogens is 331 g/mol. The van der Waals surface area contributed by atoms with E-state index in [1.807, 2.05) is 11.0 Å². The maximum absolute atomic E-state index is 13.2. The second kappa shape index (κ2) is 6.96. The molecular formula is C20H17FN4O. The third-order valence-electron chi connectivity index (χ3n) is 4.34. The molecule has 1 saturated heterocycles. The zero-order chi connectivity index (χ0) is 17.9. The molecule has 2 aromatic heterocycles. The summed E-state index contributed by atoms with van der Waals surface area (Å²) in [5.41, 5.74) is 1.91. The lowest BCUT2D eigenvalue weighted by Gasteiger charge is -2.25. The number of nitrogens with zero attached hydrogens (tertiary/aromatic N) is 4. The fourth-order valence-corrected chi connectivity index (χ4v) is 3.00. The highest BCUT2D eigenvalue weighted by Crippen LogP contribution is 2.12. The highest BCUT2D eigenvalue weighted by Gasteiger charge is 2.22. The zero-order valence-electron chi connectivity index (χ0n) is 14.2. The molecule has 4 rings (SSSR count). The van der Waals surface area contributed by atoms with Gasteiger partial charge >= 0.3 is 0 Å². The summed E-state index contributed by atoms with van der Waals surface area (Å²) >= 11 is 0. The number of carbonyl (C=O) groups is 1. The molecule has 1 aromatic carbocycles. The quantitative estimate of drug-likeness (QED) is 0.636. The van der Waals surface area contributed by atoms with E-state index < -0.39 is 0 Å². The lowest BCUT2D eigenvalue weighted by atomic mass is 10.1. The molecule has 0 bridgehead atoms. The first-order chi connectivity index (χ1) is 12.7. The predicted octanol–water partition coefficient (Wildman–Crippen LogP) is 2.89. The Bertz CT molecular complexity index is 1020. The van der Waals surface area contributed by atoms with Gasteiger partial charge in [-0.15, -0.1) is 5.10 Å². The number of hydrogen-bond donors (Lipinski definition) is 0. The third kappa shape index (κ3) is 3.42. The Morgan fingerprint density at radius 3 is 2.65 bits per heavy atom. The van der Waals surface area contributed by atoms with Crippen LogP contribution in [0.1, 0.15) is 41.0 Å². The molecule has 5 nitrogen and oxygen atoms in total. The largest absolute Gasteiger partial charge is 0.336 e. The zero-order valence-corrected chi connectivity index (χ0v) is 14.2. The lowest BCUT2D eigenvalue weighted by molar-refractivity contribution is 0.0712. The molecule has 0 radical (unpaired) electrons. The van der Waals surface area contributed by atoms with Gasteiger partial charge in [0.15, 0.2) is 5.65 Å². The van der Waals surface area contributed by atoms with Crippen molar-refractivity contribution >= 4 is 11.6 Å². The summed E-state index contributed by atoms with van der Waals surface area (Å²) in [6.45, 7) is 1.53. The Hall–Kier alpha value is -3.20. The average Bonchev–Trinajstić information content (AvgIpc) is 3.10. The maximum atomic E-state index is 13.2. The van der Waals surface area contributed by atoms with Crippen molar-refractivity contribution in [1.29, 1.82) is 0 Å². The van der Waals surface area contributed by atoms with Gasteiger partial charge < -0.3 is 4.90 Å². The normalized spacial score (nSPS) is 14.1. The molecule has 26 heavy (non-hydrogen) atoms. The van der Waals surface area contributed by atoms with Gasteiger partial charge in [0.1, 0.15) is 5.82 Å². The van der Waals surface area contributed by atoms with Crippen LogP contribution in [0.3, 0.4) is 0 Å². The molecule has 0 N–H and O–H groups in total. The molecule has 0 atom stereocenters. The van der Waals surface area contributed by atoms with Crippen molar-refractivity contribution < 1.29 is 9.18 Å². The first-order valence-corrected chi connectivity index (χ1v) is 8.62. The monoisotopic (exact) mass is 348 g/mol. The molecule has 1 aliphatic heterocycles. The smallest absolute Gasteiger partial charge is 0.293 e. The maximum Gasteiger partial charge on any atom is 0.293 e. The number of fused-ring (bicyclic) bond motifs is 1. The van der Waals surface area contributed by atoms with E-state index in [0.717, 1.165) is 32.4 Å². The van der Waals surface area contributed by atoms with E-state index in [9.17, 15) is 9.18 Å². The highest BCUT2D eigenvalue weighted by atomic mass is 19.1. The van der Waals surface area contributed by atoms with Crippen LogP contribution >= 0.6 is 0 Å². The summed E-state index contributed by atoms with van der Waals surface area (Å²) in [5.74, 6) is 5.67. The van der Waals surface area contributed by atoms with Gasteiger partial charge in [-0.25, -0.2) is 13.9 Å². The van der Waals surface area contributed by atoms with Crippen LogP contribution in [-0.4, -0.2) is 38.5 Å². The molecule has 130 valence electrons. The van der Waals surface area contributed by atoms with E-state index in [1.54, 1.807) is 28.9 Å². The first-order valence-electron chi connectivity index (χ1n) is 8.62. The summed E-state index contributed by atoms with van der Waals surface area (Å²) in [6.07, 6.45) is 4.94. The Morgan fingerprint density at radius 1 is 1.04 bits per heavy atom. The second-order valence-electron chi connectivity index (χ2n) is 6.27. The van der Waals surface area contributed by atoms with E-state index in [0.29, 0.717) is 16.8 Å². The van der Waals surface area contributed by atoms with Crippen molar-refractivity contribution in [1.82, 2.24) is 19.5 Å². The summed E-state index contributed by atoms with van der Waals surface area (Å²) in [4.78, 5) is 18.7. The molecule has 0 saturated carbocycles. The highest BCUT2D eigenvalue weighted by molar-refractivity contribution is 5.91. The van der Waals surface area contributed by atoms with Gasteiger partial charge in [-0.2, -0.15) is 0 Å². The van der Waals surface area contributed by atoms with E-state index >= 15 is 0 Å². The number of piperidine rings is 1. The summed E-state index contributed by atoms with van der Waals surface area (Å²) in [5, 5.41) is 4.30. The van der Waals surface area contributed by atoms with E-state index in [4.69, 9.17) is 0 Å². The third-order valence-corrected chi connectivity index (χ3v) is 4.34. The van der Waals surface area contributed by atoms with Crippen molar-refractivity contribution in [2.24, 2.45) is 0 Å². The van der Waals surface area contributed by atoms with E-state index in [1.165, 1.54) is 12.1 Å². The van der Waals surface area contributed by atoms with Crippen molar-refractivity contribution in [3.8, 4) is 11.8 Å². The topological polar surface area (TPSA) is 50.5 Å². The molecule has 0 unspecified atom stereocenters. The van der Waals surface area contributed by atoms with Crippen LogP contribution in [0.15, 0.2) is 42.6 Å². The first kappa shape index (κ1) is 16.3. The van der Waals surface area contributed by atoms with Crippen molar-refractivity contribution in [2.45, 2.75) is 19.3 Å². The van der Waals surface area contributed by atoms with Gasteiger partial charge in [0.25, 0.3) is 5.91 Å². The van der Waals surface area contributed by atoms with Crippen LogP contribution in [0.5, 0.6) is 0 Å².